The summed E-state index contributed by atoms with van der Waals surface area (Å²) in [7, 11) is 3.87. The summed E-state index contributed by atoms with van der Waals surface area (Å²) >= 11 is 0. The van der Waals surface area contributed by atoms with Crippen LogP contribution in [0, 0.1) is 0 Å². The Morgan fingerprint density at radius 2 is 1.86 bits per heavy atom. The third kappa shape index (κ3) is 13.9. The zero-order chi connectivity index (χ0) is 15.8. The molecule has 0 spiro atoms. The molecule has 0 saturated heterocycles. The van der Waals surface area contributed by atoms with Crippen molar-refractivity contribution in [2.75, 3.05) is 53.5 Å². The van der Waals surface area contributed by atoms with Crippen LogP contribution in [0.1, 0.15) is 46.0 Å². The molecule has 0 saturated carbocycles. The van der Waals surface area contributed by atoms with Gasteiger partial charge in [0, 0.05) is 33.3 Å². The molecule has 126 valence electrons. The van der Waals surface area contributed by atoms with Gasteiger partial charge in [0.05, 0.1) is 6.61 Å². The van der Waals surface area contributed by atoms with Crippen LogP contribution >= 0.6 is 0 Å². The van der Waals surface area contributed by atoms with Crippen molar-refractivity contribution in [1.82, 2.24) is 15.5 Å². The summed E-state index contributed by atoms with van der Waals surface area (Å²) in [6, 6.07) is 0. The lowest BCUT2D eigenvalue weighted by Gasteiger charge is -2.15. The van der Waals surface area contributed by atoms with Crippen molar-refractivity contribution in [2.45, 2.75) is 46.0 Å². The van der Waals surface area contributed by atoms with Gasteiger partial charge in [-0.25, -0.2) is 0 Å². The van der Waals surface area contributed by atoms with Gasteiger partial charge in [-0.3, -0.25) is 4.99 Å². The lowest BCUT2D eigenvalue weighted by Crippen LogP contribution is -2.38. The van der Waals surface area contributed by atoms with Crippen molar-refractivity contribution in [3.8, 4) is 0 Å². The molecule has 0 aromatic heterocycles. The highest BCUT2D eigenvalue weighted by Crippen LogP contribution is 1.97. The van der Waals surface area contributed by atoms with Crippen LogP contribution < -0.4 is 10.6 Å². The minimum Gasteiger partial charge on any atom is -0.383 e. The normalized spacial score (nSPS) is 12.0. The van der Waals surface area contributed by atoms with E-state index >= 15 is 0 Å². The lowest BCUT2D eigenvalue weighted by atomic mass is 10.2. The average molecular weight is 300 g/mol. The van der Waals surface area contributed by atoms with Crippen molar-refractivity contribution in [1.29, 1.82) is 0 Å². The smallest absolute Gasteiger partial charge is 0.191 e. The van der Waals surface area contributed by atoms with E-state index in [4.69, 9.17) is 4.74 Å². The topological polar surface area (TPSA) is 48.9 Å². The predicted octanol–water partition coefficient (Wildman–Crippen LogP) is 2.09. The Kier molecular flexibility index (Phi) is 15.0. The number of hydrogen-bond acceptors (Lipinski definition) is 3. The molecule has 5 nitrogen and oxygen atoms in total. The number of nitrogens with one attached hydrogen (secondary N) is 2. The summed E-state index contributed by atoms with van der Waals surface area (Å²) in [5, 5.41) is 6.71. The van der Waals surface area contributed by atoms with Gasteiger partial charge in [-0.15, -0.1) is 0 Å². The molecule has 0 aromatic rings. The van der Waals surface area contributed by atoms with Gasteiger partial charge < -0.3 is 20.3 Å². The summed E-state index contributed by atoms with van der Waals surface area (Å²) in [5.41, 5.74) is 0. The van der Waals surface area contributed by atoms with Crippen molar-refractivity contribution < 1.29 is 4.74 Å². The highest BCUT2D eigenvalue weighted by Gasteiger charge is 1.99. The van der Waals surface area contributed by atoms with Crippen LogP contribution in [-0.2, 0) is 4.74 Å². The number of guanidine groups is 1. The van der Waals surface area contributed by atoms with E-state index in [-0.39, 0.29) is 0 Å². The van der Waals surface area contributed by atoms with E-state index in [0.29, 0.717) is 0 Å². The van der Waals surface area contributed by atoms with Gasteiger partial charge in [-0.2, -0.15) is 0 Å². The first-order valence-electron chi connectivity index (χ1n) is 8.44. The number of unbranched alkanes of at least 4 members (excludes halogenated alkanes) is 3. The zero-order valence-corrected chi connectivity index (χ0v) is 14.6. The maximum absolute atomic E-state index is 5.07. The lowest BCUT2D eigenvalue weighted by molar-refractivity contribution is 0.161. The third-order valence-electron chi connectivity index (χ3n) is 3.31. The van der Waals surface area contributed by atoms with E-state index in [0.717, 1.165) is 51.7 Å². The Bertz CT molecular complexity index is 246. The van der Waals surface area contributed by atoms with Crippen LogP contribution in [0.25, 0.3) is 0 Å². The van der Waals surface area contributed by atoms with E-state index in [1.165, 1.54) is 25.7 Å². The molecule has 0 aliphatic rings. The van der Waals surface area contributed by atoms with Crippen molar-refractivity contribution in [3.05, 3.63) is 0 Å². The fourth-order valence-corrected chi connectivity index (χ4v) is 1.99. The van der Waals surface area contributed by atoms with Gasteiger partial charge in [0.2, 0.25) is 0 Å². The van der Waals surface area contributed by atoms with Crippen LogP contribution in [0.4, 0.5) is 0 Å². The molecule has 0 fully saturated rings. The number of rotatable bonds is 13. The molecule has 21 heavy (non-hydrogen) atoms. The molecule has 0 heterocycles. The Hall–Kier alpha value is -0.810. The summed E-state index contributed by atoms with van der Waals surface area (Å²) < 4.78 is 5.07. The quantitative estimate of drug-likeness (QED) is 0.311. The summed E-state index contributed by atoms with van der Waals surface area (Å²) in [6.07, 6.45) is 6.20. The Morgan fingerprint density at radius 1 is 1.05 bits per heavy atom. The van der Waals surface area contributed by atoms with Gasteiger partial charge >= 0.3 is 0 Å². The molecule has 0 aliphatic carbocycles. The fourth-order valence-electron chi connectivity index (χ4n) is 1.99. The number of likely N-dealkylation sites (N-methyl/N-ethyl adjacent to an activating group) is 1. The minimum absolute atomic E-state index is 0.793. The molecule has 2 N–H and O–H groups in total. The Labute approximate surface area is 131 Å². The van der Waals surface area contributed by atoms with Crippen molar-refractivity contribution in [3.63, 3.8) is 0 Å². The zero-order valence-electron chi connectivity index (χ0n) is 14.6. The van der Waals surface area contributed by atoms with Crippen molar-refractivity contribution in [2.24, 2.45) is 4.99 Å². The molecule has 0 bridgehead atoms. The Balaban J connectivity index is 3.77. The molecule has 0 atom stereocenters. The first kappa shape index (κ1) is 20.2. The molecular formula is C16H36N4O. The molecule has 5 heteroatoms. The standard InChI is InChI=1S/C16H36N4O/c1-5-7-8-9-11-18-16(17-6-2)19-12-10-13-20(3)14-15-21-4/h5-15H2,1-4H3,(H2,17,18,19). The molecule has 0 rings (SSSR count). The third-order valence-corrected chi connectivity index (χ3v) is 3.31. The monoisotopic (exact) mass is 300 g/mol. The van der Waals surface area contributed by atoms with Gasteiger partial charge in [-0.1, -0.05) is 26.2 Å². The second-order valence-corrected chi connectivity index (χ2v) is 5.40. The first-order chi connectivity index (χ1) is 10.2. The molecule has 0 aliphatic heterocycles. The van der Waals surface area contributed by atoms with E-state index in [2.05, 4.69) is 41.4 Å². The van der Waals surface area contributed by atoms with Gasteiger partial charge in [0.15, 0.2) is 5.96 Å². The second-order valence-electron chi connectivity index (χ2n) is 5.40. The molecule has 0 aromatic carbocycles. The van der Waals surface area contributed by atoms with E-state index in [1.54, 1.807) is 7.11 Å². The van der Waals surface area contributed by atoms with E-state index < -0.39 is 0 Å². The maximum atomic E-state index is 5.07. The van der Waals surface area contributed by atoms with Crippen LogP contribution in [0.3, 0.4) is 0 Å². The second kappa shape index (κ2) is 15.6. The minimum atomic E-state index is 0.793. The summed E-state index contributed by atoms with van der Waals surface area (Å²) in [4.78, 5) is 6.90. The number of aliphatic imine (C=N–C) groups is 1. The van der Waals surface area contributed by atoms with Crippen LogP contribution in [0.2, 0.25) is 0 Å². The van der Waals surface area contributed by atoms with Crippen LogP contribution in [-0.4, -0.2) is 64.3 Å². The van der Waals surface area contributed by atoms with E-state index in [9.17, 15) is 0 Å². The molecule has 0 unspecified atom stereocenters. The maximum Gasteiger partial charge on any atom is 0.191 e. The summed E-state index contributed by atoms with van der Waals surface area (Å²) in [6.45, 7) is 9.96. The molecule has 0 amide bonds. The number of hydrogen-bond donors (Lipinski definition) is 2. The largest absolute Gasteiger partial charge is 0.383 e. The molecule has 0 radical (unpaired) electrons. The number of methoxy groups -OCH3 is 1. The van der Waals surface area contributed by atoms with Crippen molar-refractivity contribution >= 4 is 5.96 Å². The number of nitrogens with zero attached hydrogens (tertiary/aromatic N) is 2. The average Bonchev–Trinajstić information content (AvgIpc) is 2.49. The summed E-state index contributed by atoms with van der Waals surface area (Å²) in [5.74, 6) is 0.952. The fraction of sp³-hybridized carbons (Fsp3) is 0.938. The van der Waals surface area contributed by atoms with Gasteiger partial charge in [0.1, 0.15) is 0 Å². The number of ether oxygens (including phenoxy) is 1. The Morgan fingerprint density at radius 3 is 2.52 bits per heavy atom. The predicted molar refractivity (Wildman–Crippen MR) is 92.1 cm³/mol. The first-order valence-corrected chi connectivity index (χ1v) is 8.44. The van der Waals surface area contributed by atoms with Crippen LogP contribution in [0.5, 0.6) is 0 Å². The molecular weight excluding hydrogens is 264 g/mol. The van der Waals surface area contributed by atoms with Gasteiger partial charge in [0.25, 0.3) is 0 Å². The highest BCUT2D eigenvalue weighted by molar-refractivity contribution is 5.79. The SMILES string of the molecule is CCCCCCNC(=NCCCN(C)CCOC)NCC. The van der Waals surface area contributed by atoms with Crippen LogP contribution in [0.15, 0.2) is 4.99 Å². The van der Waals surface area contributed by atoms with Gasteiger partial charge in [-0.05, 0) is 33.4 Å². The van der Waals surface area contributed by atoms with E-state index in [1.807, 2.05) is 0 Å². The highest BCUT2D eigenvalue weighted by atomic mass is 16.5.